The summed E-state index contributed by atoms with van der Waals surface area (Å²) in [6.45, 7) is 2.35. The molecule has 0 radical (unpaired) electrons. The number of amides is 2. The molecule has 1 aromatic heterocycles. The number of aromatic nitrogens is 3. The van der Waals surface area contributed by atoms with Gasteiger partial charge >= 0.3 is 0 Å². The molecule has 2 N–H and O–H groups in total. The van der Waals surface area contributed by atoms with E-state index in [4.69, 9.17) is 0 Å². The van der Waals surface area contributed by atoms with Crippen LogP contribution in [0.15, 0.2) is 30.3 Å². The van der Waals surface area contributed by atoms with E-state index in [1.165, 1.54) is 12.8 Å². The van der Waals surface area contributed by atoms with Crippen LogP contribution in [0.25, 0.3) is 0 Å². The average Bonchev–Trinajstić information content (AvgIpc) is 3.43. The highest BCUT2D eigenvalue weighted by atomic mass is 16.2. The lowest BCUT2D eigenvalue weighted by Gasteiger charge is -2.24. The van der Waals surface area contributed by atoms with E-state index in [1.807, 2.05) is 30.0 Å². The summed E-state index contributed by atoms with van der Waals surface area (Å²) in [5.74, 6) is 1.89. The summed E-state index contributed by atoms with van der Waals surface area (Å²) in [5.41, 5.74) is 0.628. The zero-order valence-electron chi connectivity index (χ0n) is 16.2. The highest BCUT2D eigenvalue weighted by molar-refractivity contribution is 5.94. The molecule has 4 rings (SSSR count). The third-order valence-electron chi connectivity index (χ3n) is 5.84. The molecule has 0 spiro atoms. The summed E-state index contributed by atoms with van der Waals surface area (Å²) >= 11 is 0. The largest absolute Gasteiger partial charge is 0.347 e. The molecular formula is C21H27N5O2. The van der Waals surface area contributed by atoms with Crippen LogP contribution in [0.2, 0.25) is 0 Å². The van der Waals surface area contributed by atoms with Crippen LogP contribution in [0, 0.1) is 12.8 Å². The maximum Gasteiger partial charge on any atom is 0.251 e. The SMILES string of the molecule is Cc1nc(C2CC(NC(=O)c3ccccc3)CN2C(=O)CC2CCCC2)n[nH]1. The van der Waals surface area contributed by atoms with Crippen LogP contribution in [-0.2, 0) is 4.79 Å². The first kappa shape index (κ1) is 18.7. The van der Waals surface area contributed by atoms with E-state index in [2.05, 4.69) is 20.5 Å². The molecule has 7 nitrogen and oxygen atoms in total. The Kier molecular flexibility index (Phi) is 5.41. The van der Waals surface area contributed by atoms with Crippen molar-refractivity contribution in [3.63, 3.8) is 0 Å². The quantitative estimate of drug-likeness (QED) is 0.833. The predicted octanol–water partition coefficient (Wildman–Crippen LogP) is 2.77. The van der Waals surface area contributed by atoms with E-state index in [9.17, 15) is 9.59 Å². The summed E-state index contributed by atoms with van der Waals surface area (Å²) in [5, 5.41) is 10.2. The molecule has 148 valence electrons. The van der Waals surface area contributed by atoms with Crippen LogP contribution in [0.3, 0.4) is 0 Å². The number of carbonyl (C=O) groups is 2. The van der Waals surface area contributed by atoms with Crippen molar-refractivity contribution in [2.75, 3.05) is 6.54 Å². The van der Waals surface area contributed by atoms with Crippen molar-refractivity contribution in [1.82, 2.24) is 25.4 Å². The number of aryl methyl sites for hydroxylation is 1. The van der Waals surface area contributed by atoms with Gasteiger partial charge in [-0.15, -0.1) is 0 Å². The van der Waals surface area contributed by atoms with E-state index in [0.717, 1.165) is 18.7 Å². The second-order valence-corrected chi connectivity index (χ2v) is 7.97. The Morgan fingerprint density at radius 2 is 1.96 bits per heavy atom. The summed E-state index contributed by atoms with van der Waals surface area (Å²) < 4.78 is 0. The monoisotopic (exact) mass is 381 g/mol. The van der Waals surface area contributed by atoms with Crippen LogP contribution in [0.4, 0.5) is 0 Å². The zero-order chi connectivity index (χ0) is 19.5. The lowest BCUT2D eigenvalue weighted by molar-refractivity contribution is -0.133. The first-order chi connectivity index (χ1) is 13.6. The lowest BCUT2D eigenvalue weighted by Crippen LogP contribution is -2.39. The maximum atomic E-state index is 13.0. The third-order valence-corrected chi connectivity index (χ3v) is 5.84. The fourth-order valence-corrected chi connectivity index (χ4v) is 4.41. The van der Waals surface area contributed by atoms with Crippen molar-refractivity contribution >= 4 is 11.8 Å². The number of aromatic amines is 1. The fourth-order valence-electron chi connectivity index (χ4n) is 4.41. The van der Waals surface area contributed by atoms with Crippen molar-refractivity contribution < 1.29 is 9.59 Å². The molecule has 1 saturated carbocycles. The van der Waals surface area contributed by atoms with Gasteiger partial charge in [0, 0.05) is 24.6 Å². The molecule has 2 heterocycles. The van der Waals surface area contributed by atoms with Gasteiger partial charge in [-0.3, -0.25) is 14.7 Å². The van der Waals surface area contributed by atoms with Gasteiger partial charge in [0.25, 0.3) is 5.91 Å². The minimum Gasteiger partial charge on any atom is -0.347 e. The normalized spacial score (nSPS) is 22.5. The first-order valence-corrected chi connectivity index (χ1v) is 10.1. The van der Waals surface area contributed by atoms with E-state index >= 15 is 0 Å². The van der Waals surface area contributed by atoms with Gasteiger partial charge in [0.15, 0.2) is 5.82 Å². The average molecular weight is 381 g/mol. The summed E-state index contributed by atoms with van der Waals surface area (Å²) in [6, 6.07) is 8.87. The maximum absolute atomic E-state index is 13.0. The number of H-pyrrole nitrogens is 1. The van der Waals surface area contributed by atoms with Crippen molar-refractivity contribution in [2.45, 2.75) is 57.5 Å². The molecule has 2 unspecified atom stereocenters. The number of carbonyl (C=O) groups excluding carboxylic acids is 2. The molecule has 2 amide bonds. The van der Waals surface area contributed by atoms with E-state index in [0.29, 0.717) is 36.7 Å². The molecule has 2 atom stereocenters. The Morgan fingerprint density at radius 3 is 2.64 bits per heavy atom. The second kappa shape index (κ2) is 8.12. The molecular weight excluding hydrogens is 354 g/mol. The van der Waals surface area contributed by atoms with Gasteiger partial charge in [0.1, 0.15) is 5.82 Å². The molecule has 28 heavy (non-hydrogen) atoms. The number of benzene rings is 1. The predicted molar refractivity (Wildman–Crippen MR) is 104 cm³/mol. The standard InChI is InChI=1S/C21H27N5O2/c1-14-22-20(25-24-14)18-12-17(23-21(28)16-9-3-2-4-10-16)13-26(18)19(27)11-15-7-5-6-8-15/h2-4,9-10,15,17-18H,5-8,11-13H2,1H3,(H,23,28)(H,22,24,25). The van der Waals surface area contributed by atoms with Gasteiger partial charge in [-0.05, 0) is 44.2 Å². The van der Waals surface area contributed by atoms with Crippen LogP contribution in [-0.4, -0.2) is 44.5 Å². The Morgan fingerprint density at radius 1 is 1.21 bits per heavy atom. The summed E-state index contributed by atoms with van der Waals surface area (Å²) in [4.78, 5) is 31.9. The smallest absolute Gasteiger partial charge is 0.251 e. The van der Waals surface area contributed by atoms with Gasteiger partial charge in [-0.25, -0.2) is 4.98 Å². The van der Waals surface area contributed by atoms with E-state index < -0.39 is 0 Å². The number of nitrogens with one attached hydrogen (secondary N) is 2. The molecule has 7 heteroatoms. The van der Waals surface area contributed by atoms with Gasteiger partial charge < -0.3 is 10.2 Å². The van der Waals surface area contributed by atoms with Crippen molar-refractivity contribution in [2.24, 2.45) is 5.92 Å². The zero-order valence-corrected chi connectivity index (χ0v) is 16.2. The molecule has 1 aliphatic carbocycles. The second-order valence-electron chi connectivity index (χ2n) is 7.97. The minimum atomic E-state index is -0.195. The topological polar surface area (TPSA) is 91.0 Å². The van der Waals surface area contributed by atoms with Crippen LogP contribution >= 0.6 is 0 Å². The number of hydrogen-bond donors (Lipinski definition) is 2. The number of hydrogen-bond acceptors (Lipinski definition) is 4. The van der Waals surface area contributed by atoms with Gasteiger partial charge in [0.2, 0.25) is 5.91 Å². The minimum absolute atomic E-state index is 0.107. The van der Waals surface area contributed by atoms with Crippen LogP contribution < -0.4 is 5.32 Å². The van der Waals surface area contributed by atoms with Crippen LogP contribution in [0.5, 0.6) is 0 Å². The number of nitrogens with zero attached hydrogens (tertiary/aromatic N) is 3. The van der Waals surface area contributed by atoms with E-state index in [1.54, 1.807) is 12.1 Å². The molecule has 1 aliphatic heterocycles. The Labute approximate surface area is 164 Å². The first-order valence-electron chi connectivity index (χ1n) is 10.1. The third kappa shape index (κ3) is 4.08. The van der Waals surface area contributed by atoms with Gasteiger partial charge in [0.05, 0.1) is 6.04 Å². The van der Waals surface area contributed by atoms with Crippen LogP contribution in [0.1, 0.15) is 66.6 Å². The summed E-state index contributed by atoms with van der Waals surface area (Å²) in [7, 11) is 0. The molecule has 0 bridgehead atoms. The van der Waals surface area contributed by atoms with Crippen molar-refractivity contribution in [1.29, 1.82) is 0 Å². The fraction of sp³-hybridized carbons (Fsp3) is 0.524. The molecule has 2 fully saturated rings. The van der Waals surface area contributed by atoms with Crippen molar-refractivity contribution in [3.8, 4) is 0 Å². The Bertz CT molecular complexity index is 828. The van der Waals surface area contributed by atoms with Crippen molar-refractivity contribution in [3.05, 3.63) is 47.5 Å². The summed E-state index contributed by atoms with van der Waals surface area (Å²) in [6.07, 6.45) is 5.93. The molecule has 1 saturated heterocycles. The van der Waals surface area contributed by atoms with Gasteiger partial charge in [-0.2, -0.15) is 5.10 Å². The highest BCUT2D eigenvalue weighted by Gasteiger charge is 2.39. The Balaban J connectivity index is 1.47. The molecule has 2 aromatic rings. The molecule has 1 aromatic carbocycles. The molecule has 2 aliphatic rings. The van der Waals surface area contributed by atoms with E-state index in [-0.39, 0.29) is 23.9 Å². The number of rotatable bonds is 5. The van der Waals surface area contributed by atoms with Gasteiger partial charge in [-0.1, -0.05) is 31.0 Å². The lowest BCUT2D eigenvalue weighted by atomic mass is 10.0. The number of likely N-dealkylation sites (tertiary alicyclic amines) is 1. The highest BCUT2D eigenvalue weighted by Crippen LogP contribution is 2.34. The Hall–Kier alpha value is -2.70.